The monoisotopic (exact) mass is 1100 g/mol. The molecule has 0 spiro atoms. The highest BCUT2D eigenvalue weighted by Crippen LogP contribution is 2.61. The number of ether oxygens (including phenoxy) is 1. The van der Waals surface area contributed by atoms with E-state index in [0.717, 1.165) is 67.5 Å². The molecule has 31 heteroatoms. The lowest BCUT2D eigenvalue weighted by molar-refractivity contribution is -0.137. The molecule has 2 amide bonds. The predicted octanol–water partition coefficient (Wildman–Crippen LogP) is 2.07. The maximum Gasteiger partial charge on any atom is 0.481 e. The first kappa shape index (κ1) is 61.4. The number of unbranched alkanes of at least 4 members (excludes halogenated alkanes) is 5. The highest BCUT2D eigenvalue weighted by Gasteiger charge is 2.50. The smallest absolute Gasteiger partial charge is 0.392 e. The Labute approximate surface area is 419 Å². The van der Waals surface area contributed by atoms with Gasteiger partial charge in [-0.05, 0) is 19.3 Å². The van der Waals surface area contributed by atoms with Crippen molar-refractivity contribution in [3.05, 3.63) is 24.8 Å². The third-order valence-electron chi connectivity index (χ3n) is 11.8. The number of phosphoric acid groups is 3. The number of aliphatic hydroxyl groups excluding tert-OH is 4. The summed E-state index contributed by atoms with van der Waals surface area (Å²) in [5.74, 6) is -1.77. The molecule has 27 nitrogen and oxygen atoms in total. The summed E-state index contributed by atoms with van der Waals surface area (Å²) < 4.78 is 62.5. The number of carbonyl (C=O) groups is 4. The normalized spacial score (nSPS) is 24.3. The minimum atomic E-state index is -5.60. The third-order valence-corrected chi connectivity index (χ3v) is 15.8. The molecule has 0 aromatic carbocycles. The van der Waals surface area contributed by atoms with Crippen molar-refractivity contribution in [3.8, 4) is 0 Å². The maximum atomic E-state index is 12.8. The standard InChI is InChI=1S/C41H68N7O20P3S/c1-4-5-8-11-25(49)14-15-27-26(28(50)20-29(27)51)12-9-6-7-10-13-32(53)72-19-18-43-31(52)16-17-44-39(56)36(55)41(2,3)22-65-71(62,63)68-70(60,61)64-21-30-35(67-69(57,58)59)34(54)40(66-30)48-24-47-33-37(42)45-23-46-38(33)48/h14-15,23-27,29-30,34-36,40,49,51,54-55H,4-13,16-22H2,1-3H3,(H,43,52)(H,44,56)(H,60,61)(H,62,63)(H2,42,45,46)(H2,57,58,59)/b15-14+. The van der Waals surface area contributed by atoms with Crippen molar-refractivity contribution < 1.29 is 95.5 Å². The first-order chi connectivity index (χ1) is 33.7. The van der Waals surface area contributed by atoms with Gasteiger partial charge in [-0.25, -0.2) is 28.6 Å². The second-order valence-corrected chi connectivity index (χ2v) is 23.5. The summed E-state index contributed by atoms with van der Waals surface area (Å²) >= 11 is 1.07. The minimum absolute atomic E-state index is 0.0219. The highest BCUT2D eigenvalue weighted by atomic mass is 32.2. The lowest BCUT2D eigenvalue weighted by Crippen LogP contribution is -2.46. The van der Waals surface area contributed by atoms with Gasteiger partial charge in [-0.3, -0.25) is 37.3 Å². The van der Waals surface area contributed by atoms with Crippen LogP contribution < -0.4 is 16.4 Å². The Bertz CT molecular complexity index is 2310. The number of rotatable bonds is 32. The van der Waals surface area contributed by atoms with Crippen molar-refractivity contribution in [2.45, 2.75) is 141 Å². The molecule has 408 valence electrons. The fourth-order valence-corrected chi connectivity index (χ4v) is 11.5. The summed E-state index contributed by atoms with van der Waals surface area (Å²) in [6.45, 7) is 2.46. The Kier molecular flexibility index (Phi) is 24.0. The molecule has 1 saturated carbocycles. The van der Waals surface area contributed by atoms with Gasteiger partial charge in [0.2, 0.25) is 11.8 Å². The van der Waals surface area contributed by atoms with Crippen LogP contribution in [0.25, 0.3) is 11.2 Å². The molecule has 72 heavy (non-hydrogen) atoms. The van der Waals surface area contributed by atoms with Gasteiger partial charge in [-0.1, -0.05) is 83.2 Å². The fourth-order valence-electron chi connectivity index (χ4n) is 7.90. The van der Waals surface area contributed by atoms with E-state index in [1.165, 1.54) is 13.8 Å². The molecule has 4 rings (SSSR count). The third kappa shape index (κ3) is 19.5. The van der Waals surface area contributed by atoms with Crippen LogP contribution in [0.2, 0.25) is 0 Å². The molecule has 1 aliphatic heterocycles. The van der Waals surface area contributed by atoms with Crippen LogP contribution in [0.5, 0.6) is 0 Å². The Balaban J connectivity index is 1.09. The number of hydrogen-bond donors (Lipinski definition) is 11. The number of carbonyl (C=O) groups excluding carboxylic acids is 4. The molecule has 2 aromatic rings. The number of amides is 2. The highest BCUT2D eigenvalue weighted by molar-refractivity contribution is 8.13. The number of hydrogen-bond acceptors (Lipinski definition) is 21. The zero-order chi connectivity index (χ0) is 53.4. The molecule has 1 aliphatic carbocycles. The van der Waals surface area contributed by atoms with E-state index in [1.54, 1.807) is 12.2 Å². The number of nitrogens with two attached hydrogens (primary N) is 1. The van der Waals surface area contributed by atoms with Gasteiger partial charge in [-0.2, -0.15) is 4.31 Å². The minimum Gasteiger partial charge on any atom is -0.392 e. The SMILES string of the molecule is CCCCCC(O)/C=C/C1C(O)CC(=O)C1CCCCCCC(=O)SCCNC(=O)CCNC(=O)C(O)C(C)(C)COP(=O)(O)OP(=O)(O)OCC1OC(n2cnc3c(N)ncnc32)C(O)C1OP(=O)(O)O. The van der Waals surface area contributed by atoms with Crippen molar-refractivity contribution in [1.29, 1.82) is 0 Å². The van der Waals surface area contributed by atoms with Crippen LogP contribution in [0.1, 0.15) is 104 Å². The molecule has 0 bridgehead atoms. The van der Waals surface area contributed by atoms with Crippen LogP contribution in [0.15, 0.2) is 24.8 Å². The first-order valence-electron chi connectivity index (χ1n) is 23.4. The van der Waals surface area contributed by atoms with Gasteiger partial charge in [0.05, 0.1) is 31.7 Å². The average Bonchev–Trinajstić information content (AvgIpc) is 3.94. The van der Waals surface area contributed by atoms with E-state index < -0.39 is 96.8 Å². The summed E-state index contributed by atoms with van der Waals surface area (Å²) in [5.41, 5.74) is 4.23. The van der Waals surface area contributed by atoms with E-state index in [2.05, 4.69) is 41.3 Å². The lowest BCUT2D eigenvalue weighted by Gasteiger charge is -2.30. The van der Waals surface area contributed by atoms with E-state index >= 15 is 0 Å². The molecule has 2 aliphatic rings. The van der Waals surface area contributed by atoms with Gasteiger partial charge >= 0.3 is 23.5 Å². The Hall–Kier alpha value is -3.11. The molecular formula is C41H68N7O20P3S. The van der Waals surface area contributed by atoms with Gasteiger partial charge in [-0.15, -0.1) is 0 Å². The van der Waals surface area contributed by atoms with Crippen molar-refractivity contribution >= 4 is 74.9 Å². The quantitative estimate of drug-likeness (QED) is 0.0284. The van der Waals surface area contributed by atoms with Crippen LogP contribution >= 0.6 is 35.2 Å². The number of nitrogen functional groups attached to an aromatic ring is 1. The van der Waals surface area contributed by atoms with Gasteiger partial charge in [0.25, 0.3) is 0 Å². The molecule has 1 saturated heterocycles. The van der Waals surface area contributed by atoms with Gasteiger partial charge in [0.1, 0.15) is 42.0 Å². The van der Waals surface area contributed by atoms with Crippen LogP contribution in [0.4, 0.5) is 5.82 Å². The van der Waals surface area contributed by atoms with Crippen molar-refractivity contribution in [1.82, 2.24) is 30.2 Å². The van der Waals surface area contributed by atoms with Crippen molar-refractivity contribution in [2.75, 3.05) is 37.8 Å². The maximum absolute atomic E-state index is 12.8. The van der Waals surface area contributed by atoms with Crippen LogP contribution in [0, 0.1) is 17.3 Å². The van der Waals surface area contributed by atoms with Crippen LogP contribution in [-0.2, 0) is 55.5 Å². The molecule has 2 aromatic heterocycles. The number of aromatic nitrogens is 4. The Morgan fingerprint density at radius 3 is 2.39 bits per heavy atom. The molecule has 3 heterocycles. The van der Waals surface area contributed by atoms with Gasteiger partial charge in [0.15, 0.2) is 22.8 Å². The molecular weight excluding hydrogens is 1040 g/mol. The van der Waals surface area contributed by atoms with Crippen LogP contribution in [-0.4, -0.2) is 151 Å². The number of Topliss-reactive ketones (excluding diaryl/α,β-unsaturated/α-hetero) is 1. The summed E-state index contributed by atoms with van der Waals surface area (Å²) in [4.78, 5) is 101. The van der Waals surface area contributed by atoms with E-state index in [-0.39, 0.29) is 65.6 Å². The molecule has 0 radical (unpaired) electrons. The zero-order valence-corrected chi connectivity index (χ0v) is 43.6. The fraction of sp³-hybridized carbons (Fsp3) is 0.732. The lowest BCUT2D eigenvalue weighted by atomic mass is 9.87. The summed E-state index contributed by atoms with van der Waals surface area (Å²) in [7, 11) is -16.5. The number of phosphoric ester groups is 3. The van der Waals surface area contributed by atoms with Crippen LogP contribution in [0.3, 0.4) is 0 Å². The Morgan fingerprint density at radius 2 is 1.68 bits per heavy atom. The zero-order valence-electron chi connectivity index (χ0n) is 40.1. The summed E-state index contributed by atoms with van der Waals surface area (Å²) in [5, 5.41) is 47.2. The van der Waals surface area contributed by atoms with E-state index in [9.17, 15) is 72.9 Å². The van der Waals surface area contributed by atoms with E-state index in [0.29, 0.717) is 31.4 Å². The summed E-state index contributed by atoms with van der Waals surface area (Å²) in [6.07, 6.45) is 2.84. The molecule has 11 unspecified atom stereocenters. The number of imidazole rings is 1. The predicted molar refractivity (Wildman–Crippen MR) is 257 cm³/mol. The molecule has 12 N–H and O–H groups in total. The molecule has 11 atom stereocenters. The average molecular weight is 1100 g/mol. The summed E-state index contributed by atoms with van der Waals surface area (Å²) in [6, 6.07) is 0. The van der Waals surface area contributed by atoms with E-state index in [1.807, 2.05) is 0 Å². The molecule has 2 fully saturated rings. The Morgan fingerprint density at radius 1 is 0.972 bits per heavy atom. The first-order valence-corrected chi connectivity index (χ1v) is 28.9. The number of nitrogens with one attached hydrogen (secondary N) is 2. The van der Waals surface area contributed by atoms with Crippen molar-refractivity contribution in [3.63, 3.8) is 0 Å². The largest absolute Gasteiger partial charge is 0.481 e. The second-order valence-electron chi connectivity index (χ2n) is 18.1. The van der Waals surface area contributed by atoms with Crippen molar-refractivity contribution in [2.24, 2.45) is 17.3 Å². The number of thioether (sulfide) groups is 1. The van der Waals surface area contributed by atoms with Gasteiger partial charge < -0.3 is 61.1 Å². The second kappa shape index (κ2) is 28.1. The van der Waals surface area contributed by atoms with Gasteiger partial charge in [0, 0.05) is 55.4 Å². The van der Waals surface area contributed by atoms with E-state index in [4.69, 9.17) is 19.5 Å². The topological polar surface area (TPSA) is 421 Å². The number of nitrogens with zero attached hydrogens (tertiary/aromatic N) is 4. The number of aliphatic hydroxyl groups is 4. The number of anilines is 1. The number of ketones is 1. The number of fused-ring (bicyclic) bond motifs is 1.